The third-order valence-corrected chi connectivity index (χ3v) is 7.50. The number of esters is 1. The van der Waals surface area contributed by atoms with Gasteiger partial charge in [-0.3, -0.25) is 9.59 Å². The molecule has 1 aromatic rings. The zero-order chi connectivity index (χ0) is 32.0. The Hall–Kier alpha value is -4.18. The molecular weight excluding hydrogens is 574 g/mol. The van der Waals surface area contributed by atoms with Crippen molar-refractivity contribution in [1.82, 2.24) is 5.32 Å². The summed E-state index contributed by atoms with van der Waals surface area (Å²) in [6.45, 7) is 2.02. The fourth-order valence-electron chi connectivity index (χ4n) is 5.17. The van der Waals surface area contributed by atoms with Gasteiger partial charge in [-0.25, -0.2) is 0 Å². The first-order valence-electron chi connectivity index (χ1n) is 15.6. The fraction of sp³-hybridized carbons (Fsp3) is 0.389. The maximum atomic E-state index is 13.1. The van der Waals surface area contributed by atoms with E-state index in [2.05, 4.69) is 73.0 Å². The number of carbonyl (C=O) groups is 2. The smallest absolute Gasteiger partial charge is 0.311 e. The van der Waals surface area contributed by atoms with Gasteiger partial charge in [0.2, 0.25) is 12.5 Å². The minimum absolute atomic E-state index is 0.0415. The molecule has 0 radical (unpaired) electrons. The molecule has 0 unspecified atom stereocenters. The van der Waals surface area contributed by atoms with Gasteiger partial charge >= 0.3 is 5.97 Å². The van der Waals surface area contributed by atoms with E-state index in [1.165, 1.54) is 6.08 Å². The Balaban J connectivity index is 1.22. The molecule has 0 saturated carbocycles. The molecule has 0 fully saturated rings. The van der Waals surface area contributed by atoms with Gasteiger partial charge in [0.15, 0.2) is 11.5 Å². The van der Waals surface area contributed by atoms with Crippen LogP contribution < -0.4 is 19.5 Å². The van der Waals surface area contributed by atoms with Crippen molar-refractivity contribution in [2.45, 2.75) is 82.6 Å². The highest BCUT2D eigenvalue weighted by Gasteiger charge is 2.45. The SMILES string of the molecule is CCC=CCC=CCC=CCC=CCC=CCC=CCCC(=O)Oc1c2c(cc3c1C(=O)N[C@@H]1C3=C[C@H](O)[C@@H](O)[C@H]1O)OCO2. The summed E-state index contributed by atoms with van der Waals surface area (Å²) < 4.78 is 16.7. The number of carbonyl (C=O) groups excluding carboxylic acids is 2. The molecule has 9 nitrogen and oxygen atoms in total. The first-order chi connectivity index (χ1) is 21.9. The molecule has 45 heavy (non-hydrogen) atoms. The van der Waals surface area contributed by atoms with Crippen LogP contribution in [0.5, 0.6) is 17.2 Å². The van der Waals surface area contributed by atoms with Crippen molar-refractivity contribution in [3.63, 3.8) is 0 Å². The van der Waals surface area contributed by atoms with E-state index < -0.39 is 36.2 Å². The summed E-state index contributed by atoms with van der Waals surface area (Å²) in [5.74, 6) is -0.809. The van der Waals surface area contributed by atoms with Gasteiger partial charge in [-0.1, -0.05) is 79.8 Å². The molecule has 4 N–H and O–H groups in total. The minimum Gasteiger partial charge on any atom is -0.453 e. The van der Waals surface area contributed by atoms with Crippen LogP contribution in [0.2, 0.25) is 0 Å². The van der Waals surface area contributed by atoms with Crippen molar-refractivity contribution in [3.8, 4) is 17.2 Å². The third-order valence-electron chi connectivity index (χ3n) is 7.50. The zero-order valence-corrected chi connectivity index (χ0v) is 25.6. The summed E-state index contributed by atoms with van der Waals surface area (Å²) in [5, 5.41) is 33.4. The number of ether oxygens (including phenoxy) is 3. The minimum atomic E-state index is -1.46. The Morgan fingerprint density at radius 2 is 1.44 bits per heavy atom. The molecule has 3 aliphatic rings. The summed E-state index contributed by atoms with van der Waals surface area (Å²) in [5.41, 5.74) is 0.765. The number of aliphatic hydroxyl groups excluding tert-OH is 3. The summed E-state index contributed by atoms with van der Waals surface area (Å²) >= 11 is 0. The summed E-state index contributed by atoms with van der Waals surface area (Å²) in [6, 6.07) is 0.612. The van der Waals surface area contributed by atoms with Gasteiger partial charge < -0.3 is 34.8 Å². The van der Waals surface area contributed by atoms with Gasteiger partial charge in [-0.05, 0) is 62.7 Å². The van der Waals surface area contributed by atoms with Gasteiger partial charge in [-0.15, -0.1) is 0 Å². The second-order valence-corrected chi connectivity index (χ2v) is 10.8. The molecule has 1 amide bonds. The van der Waals surface area contributed by atoms with Crippen LogP contribution in [0, 0.1) is 0 Å². The molecule has 4 rings (SSSR count). The Morgan fingerprint density at radius 1 is 0.867 bits per heavy atom. The number of rotatable bonds is 15. The lowest BCUT2D eigenvalue weighted by Crippen LogP contribution is -2.57. The first kappa shape index (κ1) is 33.7. The number of amides is 1. The normalized spacial score (nSPS) is 22.7. The molecule has 4 atom stereocenters. The molecule has 9 heteroatoms. The van der Waals surface area contributed by atoms with E-state index in [1.54, 1.807) is 6.07 Å². The van der Waals surface area contributed by atoms with Crippen molar-refractivity contribution in [2.75, 3.05) is 6.79 Å². The number of benzene rings is 1. The summed E-state index contributed by atoms with van der Waals surface area (Å²) in [6.07, 6.45) is 28.7. The lowest BCUT2D eigenvalue weighted by molar-refractivity contribution is -0.134. The largest absolute Gasteiger partial charge is 0.453 e. The molecule has 2 aliphatic heterocycles. The molecule has 1 aliphatic carbocycles. The van der Waals surface area contributed by atoms with Crippen LogP contribution in [0.15, 0.2) is 85.1 Å². The highest BCUT2D eigenvalue weighted by molar-refractivity contribution is 6.08. The van der Waals surface area contributed by atoms with Gasteiger partial charge in [-0.2, -0.15) is 0 Å². The van der Waals surface area contributed by atoms with Crippen molar-refractivity contribution in [1.29, 1.82) is 0 Å². The number of aliphatic hydroxyl groups is 3. The Kier molecular flexibility index (Phi) is 13.0. The molecule has 1 aromatic carbocycles. The van der Waals surface area contributed by atoms with E-state index in [0.29, 0.717) is 17.6 Å². The van der Waals surface area contributed by atoms with Crippen LogP contribution in [-0.2, 0) is 4.79 Å². The van der Waals surface area contributed by atoms with Crippen molar-refractivity contribution < 1.29 is 39.1 Å². The summed E-state index contributed by atoms with van der Waals surface area (Å²) in [7, 11) is 0. The molecule has 2 heterocycles. The molecular formula is C36H43NO8. The van der Waals surface area contributed by atoms with Gasteiger partial charge in [0.25, 0.3) is 5.91 Å². The van der Waals surface area contributed by atoms with E-state index in [-0.39, 0.29) is 36.0 Å². The molecule has 240 valence electrons. The van der Waals surface area contributed by atoms with E-state index in [0.717, 1.165) is 38.5 Å². The second-order valence-electron chi connectivity index (χ2n) is 10.8. The van der Waals surface area contributed by atoms with Crippen molar-refractivity contribution in [3.05, 3.63) is 96.2 Å². The van der Waals surface area contributed by atoms with Gasteiger partial charge in [0, 0.05) is 12.0 Å². The monoisotopic (exact) mass is 617 g/mol. The van der Waals surface area contributed by atoms with Crippen LogP contribution in [-0.4, -0.2) is 58.3 Å². The number of hydrogen-bond acceptors (Lipinski definition) is 8. The highest BCUT2D eigenvalue weighted by Crippen LogP contribution is 2.49. The summed E-state index contributed by atoms with van der Waals surface area (Å²) in [4.78, 5) is 25.9. The third kappa shape index (κ3) is 9.17. The average Bonchev–Trinajstić information content (AvgIpc) is 3.50. The topological polar surface area (TPSA) is 135 Å². The second kappa shape index (κ2) is 17.3. The first-order valence-corrected chi connectivity index (χ1v) is 15.6. The highest BCUT2D eigenvalue weighted by atomic mass is 16.7. The van der Waals surface area contributed by atoms with Crippen LogP contribution >= 0.6 is 0 Å². The number of nitrogens with one attached hydrogen (secondary N) is 1. The van der Waals surface area contributed by atoms with Crippen LogP contribution in [0.1, 0.15) is 74.2 Å². The fourth-order valence-corrected chi connectivity index (χ4v) is 5.17. The van der Waals surface area contributed by atoms with E-state index in [9.17, 15) is 24.9 Å². The van der Waals surface area contributed by atoms with E-state index in [1.807, 2.05) is 12.2 Å². The van der Waals surface area contributed by atoms with E-state index >= 15 is 0 Å². The quantitative estimate of drug-likeness (QED) is 0.117. The maximum Gasteiger partial charge on any atom is 0.311 e. The Bertz CT molecular complexity index is 1400. The molecule has 0 bridgehead atoms. The number of hydrogen-bond donors (Lipinski definition) is 4. The van der Waals surface area contributed by atoms with E-state index in [4.69, 9.17) is 14.2 Å². The lowest BCUT2D eigenvalue weighted by atomic mass is 9.79. The Morgan fingerprint density at radius 3 is 2.04 bits per heavy atom. The zero-order valence-electron chi connectivity index (χ0n) is 25.6. The maximum absolute atomic E-state index is 13.1. The number of fused-ring (bicyclic) bond motifs is 4. The van der Waals surface area contributed by atoms with Crippen molar-refractivity contribution >= 4 is 17.4 Å². The van der Waals surface area contributed by atoms with Crippen LogP contribution in [0.25, 0.3) is 5.57 Å². The number of allylic oxidation sites excluding steroid dienone is 12. The Labute approximate surface area is 264 Å². The predicted molar refractivity (Wildman–Crippen MR) is 173 cm³/mol. The van der Waals surface area contributed by atoms with Gasteiger partial charge in [0.05, 0.1) is 11.6 Å². The molecule has 0 spiro atoms. The van der Waals surface area contributed by atoms with Crippen LogP contribution in [0.3, 0.4) is 0 Å². The molecule has 0 aromatic heterocycles. The van der Waals surface area contributed by atoms with Crippen LogP contribution in [0.4, 0.5) is 0 Å². The molecule has 0 saturated heterocycles. The van der Waals surface area contributed by atoms with Gasteiger partial charge in [0.1, 0.15) is 18.3 Å². The lowest BCUT2D eigenvalue weighted by Gasteiger charge is -2.39. The predicted octanol–water partition coefficient (Wildman–Crippen LogP) is 5.39. The standard InChI is InChI=1S/C36H43NO8/c1-2-3-4-5-6-7-8-9-10-11-12-13-14-15-16-17-18-19-20-21-29(39)45-35-30-25(23-28-34(35)44-24-43-28)26-22-27(38)32(40)33(41)31(26)37-36(30)42/h3-4,6-7,9-10,12-13,15-16,18-19,22-23,27,31-33,38,40-41H,2,5,8,11,14,17,20-21,24H2,1H3,(H,37,42)/t27-,31+,32+,33-/m0/s1. The van der Waals surface area contributed by atoms with Crippen molar-refractivity contribution in [2.24, 2.45) is 0 Å². The average molecular weight is 618 g/mol.